The van der Waals surface area contributed by atoms with Crippen LogP contribution in [-0.4, -0.2) is 59.3 Å². The number of β-amino-alcohol motifs (C(OH)–C–C–N with tert-alkyl or cyclic N) is 1. The van der Waals surface area contributed by atoms with E-state index in [1.54, 1.807) is 6.07 Å². The van der Waals surface area contributed by atoms with Gasteiger partial charge in [-0.1, -0.05) is 24.8 Å². The molecule has 36 heavy (non-hydrogen) atoms. The maximum Gasteiger partial charge on any atom is 0.322 e. The number of aliphatic hydroxyl groups excluding tert-OH is 1. The molecule has 0 radical (unpaired) electrons. The minimum atomic E-state index is -0.272. The van der Waals surface area contributed by atoms with E-state index in [1.165, 1.54) is 11.8 Å². The quantitative estimate of drug-likeness (QED) is 0.537. The lowest BCUT2D eigenvalue weighted by Crippen LogP contribution is -2.48. The number of urea groups is 1. The average molecular weight is 487 g/mol. The molecule has 188 valence electrons. The maximum absolute atomic E-state index is 13.6. The molecule has 0 aromatic heterocycles. The van der Waals surface area contributed by atoms with Gasteiger partial charge in [-0.2, -0.15) is 5.26 Å². The zero-order chi connectivity index (χ0) is 25.1. The highest BCUT2D eigenvalue weighted by atomic mass is 16.5. The molecule has 2 amide bonds. The Hall–Kier alpha value is -3.34. The van der Waals surface area contributed by atoms with Gasteiger partial charge in [0.2, 0.25) is 0 Å². The number of carbonyl (C=O) groups excluding carboxylic acids is 1. The fourth-order valence-electron chi connectivity index (χ4n) is 6.20. The summed E-state index contributed by atoms with van der Waals surface area (Å²) in [4.78, 5) is 17.8. The van der Waals surface area contributed by atoms with Crippen molar-refractivity contribution in [1.82, 2.24) is 9.80 Å². The Morgan fingerprint density at radius 1 is 1.31 bits per heavy atom. The van der Waals surface area contributed by atoms with Crippen molar-refractivity contribution in [2.45, 2.75) is 49.7 Å². The molecule has 2 aromatic rings. The molecule has 1 aliphatic heterocycles. The lowest BCUT2D eigenvalue weighted by atomic mass is 9.80. The van der Waals surface area contributed by atoms with Gasteiger partial charge in [0.05, 0.1) is 24.0 Å². The van der Waals surface area contributed by atoms with Crippen LogP contribution in [0.3, 0.4) is 0 Å². The third-order valence-electron chi connectivity index (χ3n) is 8.19. The van der Waals surface area contributed by atoms with E-state index in [4.69, 9.17) is 4.74 Å². The predicted molar refractivity (Wildman–Crippen MR) is 139 cm³/mol. The number of nitrogens with one attached hydrogen (secondary N) is 1. The maximum atomic E-state index is 13.6. The lowest BCUT2D eigenvalue weighted by Gasteiger charge is -2.37. The van der Waals surface area contributed by atoms with E-state index in [2.05, 4.69) is 28.9 Å². The van der Waals surface area contributed by atoms with Gasteiger partial charge in [-0.25, -0.2) is 4.79 Å². The van der Waals surface area contributed by atoms with Gasteiger partial charge in [0.1, 0.15) is 5.75 Å². The van der Waals surface area contributed by atoms with Gasteiger partial charge in [-0.15, -0.1) is 0 Å². The first-order valence-corrected chi connectivity index (χ1v) is 12.9. The van der Waals surface area contributed by atoms with Gasteiger partial charge in [0.15, 0.2) is 0 Å². The number of benzene rings is 2. The van der Waals surface area contributed by atoms with Crippen molar-refractivity contribution in [3.63, 3.8) is 0 Å². The van der Waals surface area contributed by atoms with Gasteiger partial charge >= 0.3 is 6.03 Å². The fraction of sp³-hybridized carbons (Fsp3) is 0.448. The molecule has 7 nitrogen and oxygen atoms in total. The Labute approximate surface area is 213 Å². The number of nitriles is 1. The molecule has 3 fully saturated rings. The zero-order valence-corrected chi connectivity index (χ0v) is 20.6. The summed E-state index contributed by atoms with van der Waals surface area (Å²) in [7, 11) is 0. The van der Waals surface area contributed by atoms with Crippen LogP contribution in [0.5, 0.6) is 5.75 Å². The van der Waals surface area contributed by atoms with Gasteiger partial charge in [-0.05, 0) is 73.3 Å². The third kappa shape index (κ3) is 5.11. The molecular formula is C29H34N4O3. The van der Waals surface area contributed by atoms with Gasteiger partial charge in [0.25, 0.3) is 0 Å². The minimum absolute atomic E-state index is 0.102. The summed E-state index contributed by atoms with van der Waals surface area (Å²) in [5.74, 6) is 1.15. The molecule has 1 unspecified atom stereocenters. The number of anilines is 1. The number of fused-ring (bicyclic) bond motifs is 1. The molecule has 5 rings (SSSR count). The first-order chi connectivity index (χ1) is 17.5. The summed E-state index contributed by atoms with van der Waals surface area (Å²) in [5.41, 5.74) is 2.82. The second-order valence-corrected chi connectivity index (χ2v) is 10.4. The van der Waals surface area contributed by atoms with E-state index in [-0.39, 0.29) is 23.6 Å². The molecule has 1 heterocycles. The number of amides is 2. The molecule has 2 aromatic carbocycles. The Kier molecular flexibility index (Phi) is 6.99. The van der Waals surface area contributed by atoms with Crippen LogP contribution >= 0.6 is 0 Å². The predicted octanol–water partition coefficient (Wildman–Crippen LogP) is 4.49. The summed E-state index contributed by atoms with van der Waals surface area (Å²) < 4.78 is 5.37. The lowest BCUT2D eigenvalue weighted by molar-refractivity contribution is 0.142. The number of hydrogen-bond acceptors (Lipinski definition) is 5. The second-order valence-electron chi connectivity index (χ2n) is 10.4. The summed E-state index contributed by atoms with van der Waals surface area (Å²) in [6.07, 6.45) is 5.92. The minimum Gasteiger partial charge on any atom is -0.466 e. The highest BCUT2D eigenvalue weighted by molar-refractivity contribution is 5.89. The van der Waals surface area contributed by atoms with Crippen molar-refractivity contribution in [3.05, 3.63) is 72.5 Å². The van der Waals surface area contributed by atoms with E-state index in [0.29, 0.717) is 36.0 Å². The third-order valence-corrected chi connectivity index (χ3v) is 8.19. The Balaban J connectivity index is 1.29. The highest BCUT2D eigenvalue weighted by Crippen LogP contribution is 2.62. The highest BCUT2D eigenvalue weighted by Gasteiger charge is 2.58. The van der Waals surface area contributed by atoms with Crippen LogP contribution in [0.4, 0.5) is 10.5 Å². The normalized spacial score (nSPS) is 26.9. The van der Waals surface area contributed by atoms with Crippen LogP contribution in [0.2, 0.25) is 0 Å². The van der Waals surface area contributed by atoms with Crippen molar-refractivity contribution in [2.75, 3.05) is 31.5 Å². The first-order valence-electron chi connectivity index (χ1n) is 12.9. The molecule has 2 N–H and O–H groups in total. The van der Waals surface area contributed by atoms with E-state index < -0.39 is 0 Å². The summed E-state index contributed by atoms with van der Waals surface area (Å²) >= 11 is 0. The number of nitrogens with zero attached hydrogens (tertiary/aromatic N) is 3. The van der Waals surface area contributed by atoms with Crippen molar-refractivity contribution in [3.8, 4) is 11.8 Å². The van der Waals surface area contributed by atoms with Crippen LogP contribution in [0, 0.1) is 17.2 Å². The number of likely N-dealkylation sites (tertiary alicyclic amines) is 1. The van der Waals surface area contributed by atoms with Crippen LogP contribution in [0.15, 0.2) is 61.4 Å². The molecular weight excluding hydrogens is 452 g/mol. The number of rotatable bonds is 8. The van der Waals surface area contributed by atoms with Crippen LogP contribution < -0.4 is 10.1 Å². The van der Waals surface area contributed by atoms with Crippen molar-refractivity contribution < 1.29 is 14.6 Å². The van der Waals surface area contributed by atoms with Crippen molar-refractivity contribution in [2.24, 2.45) is 5.92 Å². The van der Waals surface area contributed by atoms with Crippen LogP contribution in [0.25, 0.3) is 0 Å². The SMILES string of the molecule is C=COc1cccc(NC(=O)N(CCN2CC[C@@H](O)C2)[C@@H]2CC[C@]3(c4cccc(C#N)c4)CC3C2)c1. The molecule has 2 saturated carbocycles. The summed E-state index contributed by atoms with van der Waals surface area (Å²) in [5, 5.41) is 22.3. The summed E-state index contributed by atoms with van der Waals surface area (Å²) in [6.45, 7) is 6.50. The molecule has 3 aliphatic rings. The molecule has 1 saturated heterocycles. The largest absolute Gasteiger partial charge is 0.466 e. The standard InChI is InChI=1S/C29H34N4O3/c1-2-36-27-8-4-7-24(17-27)31-28(35)33(14-13-32-12-10-26(34)20-32)25-9-11-29(18-23(29)16-25)22-6-3-5-21(15-22)19-30/h2-8,15,17,23,25-26,34H,1,9-14,16,18,20H2,(H,31,35)/t23?,25-,26-,29-/m1/s1. The molecule has 4 atom stereocenters. The second kappa shape index (κ2) is 10.3. The van der Waals surface area contributed by atoms with Crippen molar-refractivity contribution >= 4 is 11.7 Å². The smallest absolute Gasteiger partial charge is 0.322 e. The average Bonchev–Trinajstić information content (AvgIpc) is 3.49. The Bertz CT molecular complexity index is 1160. The van der Waals surface area contributed by atoms with Gasteiger partial charge < -0.3 is 20.1 Å². The number of aliphatic hydroxyl groups is 1. The monoisotopic (exact) mass is 486 g/mol. The van der Waals surface area contributed by atoms with Crippen molar-refractivity contribution in [1.29, 1.82) is 5.26 Å². The summed E-state index contributed by atoms with van der Waals surface area (Å²) in [6, 6.07) is 17.7. The molecule has 0 spiro atoms. The van der Waals surface area contributed by atoms with Gasteiger partial charge in [0, 0.05) is 44.0 Å². The first kappa shape index (κ1) is 24.4. The number of ether oxygens (including phenoxy) is 1. The Morgan fingerprint density at radius 3 is 2.92 bits per heavy atom. The Morgan fingerprint density at radius 2 is 2.17 bits per heavy atom. The van der Waals surface area contributed by atoms with E-state index in [1.807, 2.05) is 41.3 Å². The molecule has 7 heteroatoms. The van der Waals surface area contributed by atoms with Gasteiger partial charge in [-0.3, -0.25) is 4.90 Å². The number of carbonyl (C=O) groups is 1. The van der Waals surface area contributed by atoms with E-state index in [9.17, 15) is 15.2 Å². The fourth-order valence-corrected chi connectivity index (χ4v) is 6.20. The van der Waals surface area contributed by atoms with E-state index in [0.717, 1.165) is 45.2 Å². The number of hydrogen-bond donors (Lipinski definition) is 2. The van der Waals surface area contributed by atoms with Crippen LogP contribution in [0.1, 0.15) is 43.2 Å². The van der Waals surface area contributed by atoms with Crippen LogP contribution in [-0.2, 0) is 5.41 Å². The zero-order valence-electron chi connectivity index (χ0n) is 20.6. The topological polar surface area (TPSA) is 88.8 Å². The molecule has 0 bridgehead atoms. The molecule has 2 aliphatic carbocycles. The van der Waals surface area contributed by atoms with E-state index >= 15 is 0 Å².